The molecule has 0 saturated carbocycles. The Balaban J connectivity index is 0.000000219. The minimum absolute atomic E-state index is 0.0288. The van der Waals surface area contributed by atoms with Crippen molar-refractivity contribution in [1.82, 2.24) is 31.1 Å². The number of halogens is 2. The molecule has 2 saturated heterocycles. The number of rotatable bonds is 20. The Morgan fingerprint density at radius 3 is 1.40 bits per heavy atom. The fraction of sp³-hybridized carbons (Fsp3) is 0.429. The monoisotopic (exact) mass is 1050 g/mol. The van der Waals surface area contributed by atoms with E-state index in [2.05, 4.69) is 109 Å². The lowest BCUT2D eigenvalue weighted by molar-refractivity contribution is -0.134. The summed E-state index contributed by atoms with van der Waals surface area (Å²) in [6.45, 7) is 14.7. The van der Waals surface area contributed by atoms with Crippen LogP contribution in [0.25, 0.3) is 21.5 Å². The Morgan fingerprint density at radius 1 is 0.573 bits per heavy atom. The molecule has 2 aliphatic heterocycles. The number of hydrogen-bond donors (Lipinski definition) is 4. The van der Waals surface area contributed by atoms with Gasteiger partial charge in [0.05, 0.1) is 12.1 Å². The number of nitrogens with zero attached hydrogens (tertiary/aromatic N) is 2. The van der Waals surface area contributed by atoms with E-state index in [1.54, 1.807) is 0 Å². The van der Waals surface area contributed by atoms with E-state index in [1.807, 2.05) is 89.8 Å². The Kier molecular flexibility index (Phi) is 21.5. The van der Waals surface area contributed by atoms with Crippen LogP contribution < -0.4 is 21.3 Å². The molecule has 0 spiro atoms. The first kappa shape index (κ1) is 56.9. The molecule has 0 radical (unpaired) electrons. The number of carbonyl (C=O) groups is 4. The van der Waals surface area contributed by atoms with Crippen LogP contribution in [-0.2, 0) is 9.59 Å². The highest BCUT2D eigenvalue weighted by Crippen LogP contribution is 2.27. The van der Waals surface area contributed by atoms with Crippen LogP contribution in [0.5, 0.6) is 0 Å². The van der Waals surface area contributed by atoms with Crippen molar-refractivity contribution in [2.45, 2.75) is 128 Å². The van der Waals surface area contributed by atoms with Crippen molar-refractivity contribution >= 4 is 68.4 Å². The SMILES string of the molecule is CCCC[C@@H]1N[C@H](CNC(=O)c2ccc3cc(Cl)ccc3c2)CCN(C[C@@H](CC)c2ccccc2)C1=O.CC[C@H](CN1CC[C@@H](CNC(=O)c2ccc3cc(Cl)ccc3c2)N[C@@H](CCC(C)C)C1=O)c1ccccc1. The number of nitrogens with one attached hydrogen (secondary N) is 4. The van der Waals surface area contributed by atoms with Gasteiger partial charge in [0.25, 0.3) is 11.8 Å². The summed E-state index contributed by atoms with van der Waals surface area (Å²) in [5.41, 5.74) is 3.80. The van der Waals surface area contributed by atoms with Crippen LogP contribution in [-0.4, -0.2) is 96.9 Å². The third-order valence-corrected chi connectivity index (χ3v) is 15.5. The van der Waals surface area contributed by atoms with Gasteiger partial charge >= 0.3 is 0 Å². The predicted octanol–water partition coefficient (Wildman–Crippen LogP) is 12.6. The zero-order chi connectivity index (χ0) is 53.3. The van der Waals surface area contributed by atoms with Gasteiger partial charge in [-0.25, -0.2) is 0 Å². The van der Waals surface area contributed by atoms with Gasteiger partial charge in [0.2, 0.25) is 11.8 Å². The number of unbranched alkanes of at least 4 members (excludes halogenated alkanes) is 1. The number of benzene rings is 6. The summed E-state index contributed by atoms with van der Waals surface area (Å²) in [5.74, 6) is 1.30. The zero-order valence-corrected chi connectivity index (χ0v) is 46.1. The van der Waals surface area contributed by atoms with E-state index in [0.29, 0.717) is 65.1 Å². The highest BCUT2D eigenvalue weighted by Gasteiger charge is 2.34. The van der Waals surface area contributed by atoms with E-state index < -0.39 is 0 Å². The van der Waals surface area contributed by atoms with Gasteiger partial charge in [-0.2, -0.15) is 0 Å². The summed E-state index contributed by atoms with van der Waals surface area (Å²) < 4.78 is 0. The lowest BCUT2D eigenvalue weighted by atomic mass is 9.95. The molecular formula is C63H78Cl2N6O4. The van der Waals surface area contributed by atoms with Crippen LogP contribution in [0.2, 0.25) is 10.0 Å². The molecule has 2 heterocycles. The largest absolute Gasteiger partial charge is 0.350 e. The van der Waals surface area contributed by atoms with Crippen molar-refractivity contribution in [2.75, 3.05) is 39.3 Å². The van der Waals surface area contributed by atoms with Crippen LogP contribution >= 0.6 is 23.2 Å². The van der Waals surface area contributed by atoms with Crippen LogP contribution in [0.15, 0.2) is 133 Å². The molecule has 4 N–H and O–H groups in total. The fourth-order valence-electron chi connectivity index (χ4n) is 10.4. The summed E-state index contributed by atoms with van der Waals surface area (Å²) >= 11 is 12.2. The zero-order valence-electron chi connectivity index (χ0n) is 44.6. The molecule has 398 valence electrons. The molecule has 0 aliphatic carbocycles. The minimum atomic E-state index is -0.236. The first-order valence-electron chi connectivity index (χ1n) is 27.5. The molecule has 12 heteroatoms. The van der Waals surface area contributed by atoms with Gasteiger partial charge in [0.15, 0.2) is 0 Å². The third kappa shape index (κ3) is 16.4. The van der Waals surface area contributed by atoms with Gasteiger partial charge in [0, 0.05) is 84.4 Å². The van der Waals surface area contributed by atoms with Crippen LogP contribution in [0.3, 0.4) is 0 Å². The topological polar surface area (TPSA) is 123 Å². The number of carbonyl (C=O) groups excluding carboxylic acids is 4. The Bertz CT molecular complexity index is 2810. The first-order chi connectivity index (χ1) is 36.3. The summed E-state index contributed by atoms with van der Waals surface area (Å²) in [4.78, 5) is 57.3. The number of fused-ring (bicyclic) bond motifs is 2. The average molecular weight is 1050 g/mol. The molecule has 10 nitrogen and oxygen atoms in total. The molecule has 0 aromatic heterocycles. The van der Waals surface area contributed by atoms with Crippen molar-refractivity contribution in [3.8, 4) is 0 Å². The molecule has 2 aliphatic rings. The van der Waals surface area contributed by atoms with E-state index in [1.165, 1.54) is 11.1 Å². The molecule has 6 aromatic carbocycles. The smallest absolute Gasteiger partial charge is 0.251 e. The quantitative estimate of drug-likeness (QED) is 0.0604. The van der Waals surface area contributed by atoms with Crippen LogP contribution in [0.4, 0.5) is 0 Å². The maximum Gasteiger partial charge on any atom is 0.251 e. The van der Waals surface area contributed by atoms with Crippen molar-refractivity contribution in [3.63, 3.8) is 0 Å². The first-order valence-corrected chi connectivity index (χ1v) is 28.2. The summed E-state index contributed by atoms with van der Waals surface area (Å²) in [6.07, 6.45) is 8.19. The fourth-order valence-corrected chi connectivity index (χ4v) is 10.8. The maximum atomic E-state index is 13.7. The van der Waals surface area contributed by atoms with Gasteiger partial charge in [-0.05, 0) is 132 Å². The highest BCUT2D eigenvalue weighted by atomic mass is 35.5. The van der Waals surface area contributed by atoms with Gasteiger partial charge in [-0.1, -0.05) is 156 Å². The second kappa shape index (κ2) is 28.4. The maximum absolute atomic E-state index is 13.7. The van der Waals surface area contributed by atoms with E-state index in [-0.39, 0.29) is 47.8 Å². The molecule has 8 rings (SSSR count). The van der Waals surface area contributed by atoms with Crippen molar-refractivity contribution in [1.29, 1.82) is 0 Å². The standard InChI is InChI=1S/C32H40ClN3O2.C31H38ClN3O2/c1-4-23(24-8-6-5-7-9-24)21-36-17-16-29(35-30(32(36)38)15-10-22(2)3)20-34-31(37)27-12-11-26-19-28(33)14-13-25(26)18-27;1-3-5-11-29-31(37)35(21-22(4-2)23-9-7-6-8-10-23)17-16-28(34-29)20-33-30(36)26-13-12-25-19-27(32)15-14-24(25)18-26/h5-9,11-14,18-19,22-23,29-30,35H,4,10,15-17,20-21H2,1-3H3,(H,34,37);6-10,12-15,18-19,22,28-29,34H,3-5,11,16-17,20-21H2,1-2H3,(H,33,36)/t23-,29+,30+;22-,28+,29+/m11/s1. The highest BCUT2D eigenvalue weighted by molar-refractivity contribution is 6.31. The van der Waals surface area contributed by atoms with Crippen molar-refractivity contribution in [3.05, 3.63) is 166 Å². The lowest BCUT2D eigenvalue weighted by Crippen LogP contribution is -2.49. The molecule has 6 atom stereocenters. The average Bonchev–Trinajstić information content (AvgIpc) is 3.67. The molecule has 6 aromatic rings. The molecule has 75 heavy (non-hydrogen) atoms. The van der Waals surface area contributed by atoms with Crippen LogP contribution in [0.1, 0.15) is 136 Å². The number of amides is 4. The third-order valence-electron chi connectivity index (χ3n) is 15.0. The molecule has 4 amide bonds. The van der Waals surface area contributed by atoms with Gasteiger partial charge in [-0.15, -0.1) is 0 Å². The molecule has 2 fully saturated rings. The second-order valence-corrected chi connectivity index (χ2v) is 21.8. The summed E-state index contributed by atoms with van der Waals surface area (Å²) in [6, 6.07) is 43.2. The minimum Gasteiger partial charge on any atom is -0.350 e. The predicted molar refractivity (Wildman–Crippen MR) is 309 cm³/mol. The summed E-state index contributed by atoms with van der Waals surface area (Å²) in [7, 11) is 0. The van der Waals surface area contributed by atoms with E-state index in [4.69, 9.17) is 23.2 Å². The molecular weight excluding hydrogens is 976 g/mol. The summed E-state index contributed by atoms with van der Waals surface area (Å²) in [5, 5.41) is 18.7. The van der Waals surface area contributed by atoms with Crippen molar-refractivity contribution in [2.24, 2.45) is 5.92 Å². The second-order valence-electron chi connectivity index (χ2n) is 21.0. The Labute approximate surface area is 455 Å². The van der Waals surface area contributed by atoms with E-state index >= 15 is 0 Å². The van der Waals surface area contributed by atoms with E-state index in [9.17, 15) is 19.2 Å². The number of hydrogen-bond acceptors (Lipinski definition) is 6. The Morgan fingerprint density at radius 2 is 0.987 bits per heavy atom. The van der Waals surface area contributed by atoms with Crippen molar-refractivity contribution < 1.29 is 19.2 Å². The van der Waals surface area contributed by atoms with Gasteiger partial charge in [0.1, 0.15) is 0 Å². The van der Waals surface area contributed by atoms with Crippen LogP contribution in [0, 0.1) is 5.92 Å². The van der Waals surface area contributed by atoms with Gasteiger partial charge in [-0.3, -0.25) is 19.2 Å². The normalized spacial score (nSPS) is 19.0. The van der Waals surface area contributed by atoms with Gasteiger partial charge < -0.3 is 31.1 Å². The lowest BCUT2D eigenvalue weighted by Gasteiger charge is -2.29. The van der Waals surface area contributed by atoms with E-state index in [0.717, 1.165) is 92.4 Å². The molecule has 0 unspecified atom stereocenters. The Hall–Kier alpha value is -5.78. The molecule has 0 bridgehead atoms.